The summed E-state index contributed by atoms with van der Waals surface area (Å²) in [7, 11) is 0. The minimum Gasteiger partial charge on any atom is -0.462 e. The Morgan fingerprint density at radius 2 is 1.06 bits per heavy atom. The molecule has 2 rings (SSSR count). The fourth-order valence-corrected chi connectivity index (χ4v) is 5.19. The molecule has 0 heterocycles. The van der Waals surface area contributed by atoms with Gasteiger partial charge in [0.15, 0.2) is 11.6 Å². The summed E-state index contributed by atoms with van der Waals surface area (Å²) >= 11 is 0. The fraction of sp³-hybridized carbons (Fsp3) is 0.600. The smallest absolute Gasteiger partial charge is 0.313 e. The first-order chi connectivity index (χ1) is 16.8. The molecule has 0 fully saturated rings. The van der Waals surface area contributed by atoms with Crippen LogP contribution in [-0.4, -0.2) is 36.7 Å². The largest absolute Gasteiger partial charge is 0.462 e. The van der Waals surface area contributed by atoms with Gasteiger partial charge in [-0.1, -0.05) is 51.0 Å². The fourth-order valence-electron chi connectivity index (χ4n) is 5.19. The van der Waals surface area contributed by atoms with Crippen LogP contribution < -0.4 is 0 Å². The van der Waals surface area contributed by atoms with Crippen molar-refractivity contribution in [2.24, 2.45) is 10.8 Å². The molecule has 0 aromatic rings. The van der Waals surface area contributed by atoms with Crippen LogP contribution in [0.2, 0.25) is 0 Å². The molecule has 0 aromatic heterocycles. The van der Waals surface area contributed by atoms with Gasteiger partial charge in [0, 0.05) is 0 Å². The second kappa shape index (κ2) is 13.0. The average Bonchev–Trinajstić information content (AvgIpc) is 2.75. The van der Waals surface area contributed by atoms with E-state index in [0.29, 0.717) is 0 Å². The van der Waals surface area contributed by atoms with Gasteiger partial charge < -0.3 is 9.47 Å². The minimum atomic E-state index is -0.674. The maximum atomic E-state index is 12.2. The van der Waals surface area contributed by atoms with Crippen molar-refractivity contribution in [1.82, 2.24) is 0 Å². The molecule has 0 radical (unpaired) electrons. The highest BCUT2D eigenvalue weighted by molar-refractivity contribution is 6.02. The van der Waals surface area contributed by atoms with E-state index in [2.05, 4.69) is 41.5 Å². The lowest BCUT2D eigenvalue weighted by Crippen LogP contribution is -2.20. The van der Waals surface area contributed by atoms with E-state index in [1.165, 1.54) is 23.3 Å². The van der Waals surface area contributed by atoms with E-state index in [9.17, 15) is 19.2 Å². The number of hydrogen-bond donors (Lipinski definition) is 0. The van der Waals surface area contributed by atoms with Gasteiger partial charge in [-0.25, -0.2) is 0 Å². The van der Waals surface area contributed by atoms with Crippen LogP contribution in [0.3, 0.4) is 0 Å². The molecule has 0 aromatic carbocycles. The second-order valence-corrected chi connectivity index (χ2v) is 11.3. The number of esters is 2. The van der Waals surface area contributed by atoms with Crippen LogP contribution in [0.1, 0.15) is 92.9 Å². The summed E-state index contributed by atoms with van der Waals surface area (Å²) in [6, 6.07) is 0. The summed E-state index contributed by atoms with van der Waals surface area (Å²) < 4.78 is 9.99. The summed E-state index contributed by atoms with van der Waals surface area (Å²) in [6.07, 6.45) is 12.3. The van der Waals surface area contributed by atoms with Crippen LogP contribution in [0.25, 0.3) is 0 Å². The molecule has 198 valence electrons. The number of ketones is 2. The quantitative estimate of drug-likeness (QED) is 0.147. The number of allylic oxidation sites excluding steroid dienone is 8. The molecule has 36 heavy (non-hydrogen) atoms. The van der Waals surface area contributed by atoms with E-state index in [4.69, 9.17) is 9.47 Å². The molecule has 6 heteroatoms. The van der Waals surface area contributed by atoms with Gasteiger partial charge in [0.05, 0.1) is 0 Å². The highest BCUT2D eigenvalue weighted by Gasteiger charge is 2.27. The van der Waals surface area contributed by atoms with Crippen molar-refractivity contribution in [1.29, 1.82) is 0 Å². The number of rotatable bonds is 11. The zero-order valence-electron chi connectivity index (χ0n) is 22.8. The maximum Gasteiger partial charge on any atom is 0.313 e. The predicted octanol–water partition coefficient (Wildman–Crippen LogP) is 6.16. The number of carbonyl (C=O) groups is 4. The minimum absolute atomic E-state index is 0.0172. The Morgan fingerprint density at radius 3 is 1.39 bits per heavy atom. The first-order valence-corrected chi connectivity index (χ1v) is 13.0. The molecule has 0 amide bonds. The number of carbonyl (C=O) groups excluding carboxylic acids is 4. The number of ether oxygens (including phenoxy) is 2. The van der Waals surface area contributed by atoms with E-state index >= 15 is 0 Å². The van der Waals surface area contributed by atoms with E-state index in [1.54, 1.807) is 0 Å². The van der Waals surface area contributed by atoms with Crippen LogP contribution in [-0.2, 0) is 28.7 Å². The van der Waals surface area contributed by atoms with Crippen molar-refractivity contribution in [2.75, 3.05) is 13.2 Å². The van der Waals surface area contributed by atoms with E-state index in [1.807, 2.05) is 12.2 Å². The molecule has 2 aliphatic rings. The Balaban J connectivity index is 1.69. The van der Waals surface area contributed by atoms with Crippen molar-refractivity contribution < 1.29 is 28.7 Å². The van der Waals surface area contributed by atoms with Crippen molar-refractivity contribution in [2.45, 2.75) is 92.9 Å². The van der Waals surface area contributed by atoms with Gasteiger partial charge in [-0.15, -0.1) is 0 Å². The van der Waals surface area contributed by atoms with E-state index in [0.717, 1.165) is 49.7 Å². The molecule has 6 nitrogen and oxygen atoms in total. The van der Waals surface area contributed by atoms with Crippen molar-refractivity contribution in [3.05, 3.63) is 46.6 Å². The molecule has 0 bridgehead atoms. The van der Waals surface area contributed by atoms with Crippen LogP contribution in [0.4, 0.5) is 0 Å². The summed E-state index contributed by atoms with van der Waals surface area (Å²) in [4.78, 5) is 48.2. The van der Waals surface area contributed by atoms with Gasteiger partial charge in [-0.3, -0.25) is 19.2 Å². The first-order valence-electron chi connectivity index (χ1n) is 13.0. The van der Waals surface area contributed by atoms with Crippen LogP contribution in [0.15, 0.2) is 46.6 Å². The molecular formula is C30H42O6. The second-order valence-electron chi connectivity index (χ2n) is 11.3. The Labute approximate surface area is 215 Å². The monoisotopic (exact) mass is 498 g/mol. The van der Waals surface area contributed by atoms with Gasteiger partial charge in [0.25, 0.3) is 0 Å². The summed E-state index contributed by atoms with van der Waals surface area (Å²) in [5.74, 6) is -2.01. The summed E-state index contributed by atoms with van der Waals surface area (Å²) in [6.45, 7) is 12.5. The zero-order chi connectivity index (χ0) is 26.9. The Hall–Kier alpha value is -2.76. The molecule has 0 atom stereocenters. The standard InChI is InChI=1S/C30H42O6/c1-21-9-7-15-29(3,4)25(21)13-11-23(31)19-27(33)35-17-18-36-28(34)20-24(32)12-14-26-22(2)10-8-16-30(26,5)6/h11-14H,7-10,15-20H2,1-6H3/b13-11+,14-12+. The molecule has 0 aliphatic heterocycles. The number of hydrogen-bond acceptors (Lipinski definition) is 6. The lowest BCUT2D eigenvalue weighted by molar-refractivity contribution is -0.153. The highest BCUT2D eigenvalue weighted by atomic mass is 16.6. The van der Waals surface area contributed by atoms with Crippen LogP contribution in [0.5, 0.6) is 0 Å². The Bertz CT molecular complexity index is 907. The third-order valence-corrected chi connectivity index (χ3v) is 7.20. The van der Waals surface area contributed by atoms with Crippen molar-refractivity contribution >= 4 is 23.5 Å². The van der Waals surface area contributed by atoms with Gasteiger partial charge in [-0.05, 0) is 86.5 Å². The lowest BCUT2D eigenvalue weighted by Gasteiger charge is -2.32. The molecule has 0 spiro atoms. The molecule has 2 aliphatic carbocycles. The molecular weight excluding hydrogens is 456 g/mol. The normalized spacial score (nSPS) is 19.6. The highest BCUT2D eigenvalue weighted by Crippen LogP contribution is 2.41. The van der Waals surface area contributed by atoms with Gasteiger partial charge in [0.1, 0.15) is 26.1 Å². The summed E-state index contributed by atoms with van der Waals surface area (Å²) in [5.41, 5.74) is 4.90. The molecule has 0 N–H and O–H groups in total. The van der Waals surface area contributed by atoms with E-state index in [-0.39, 0.29) is 48.5 Å². The Kier molecular flexibility index (Phi) is 10.6. The molecule has 0 saturated carbocycles. The van der Waals surface area contributed by atoms with Gasteiger partial charge >= 0.3 is 11.9 Å². The van der Waals surface area contributed by atoms with Crippen LogP contribution in [0, 0.1) is 10.8 Å². The zero-order valence-corrected chi connectivity index (χ0v) is 22.8. The molecule has 0 unspecified atom stereocenters. The van der Waals surface area contributed by atoms with Crippen LogP contribution >= 0.6 is 0 Å². The topological polar surface area (TPSA) is 86.7 Å². The van der Waals surface area contributed by atoms with Crippen molar-refractivity contribution in [3.63, 3.8) is 0 Å². The maximum absolute atomic E-state index is 12.2. The third kappa shape index (κ3) is 9.03. The lowest BCUT2D eigenvalue weighted by atomic mass is 9.72. The van der Waals surface area contributed by atoms with Crippen molar-refractivity contribution in [3.8, 4) is 0 Å². The van der Waals surface area contributed by atoms with Gasteiger partial charge in [0.2, 0.25) is 0 Å². The third-order valence-electron chi connectivity index (χ3n) is 7.20. The summed E-state index contributed by atoms with van der Waals surface area (Å²) in [5, 5.41) is 0. The predicted molar refractivity (Wildman–Crippen MR) is 140 cm³/mol. The average molecular weight is 499 g/mol. The Morgan fingerprint density at radius 1 is 0.694 bits per heavy atom. The molecule has 0 saturated heterocycles. The first kappa shape index (κ1) is 29.5. The van der Waals surface area contributed by atoms with E-state index < -0.39 is 11.9 Å². The SMILES string of the molecule is CC1=C(/C=C/C(=O)CC(=O)OCCOC(=O)CC(=O)/C=C/C2=C(C)CCCC2(C)C)C(C)(C)CCC1. The van der Waals surface area contributed by atoms with Gasteiger partial charge in [-0.2, -0.15) is 0 Å².